The van der Waals surface area contributed by atoms with E-state index in [1.54, 1.807) is 37.3 Å². The zero-order chi connectivity index (χ0) is 16.6. The number of imidazole rings is 1. The summed E-state index contributed by atoms with van der Waals surface area (Å²) in [6.45, 7) is 1.67. The van der Waals surface area contributed by atoms with Crippen LogP contribution in [-0.2, 0) is 10.0 Å². The predicted octanol–water partition coefficient (Wildman–Crippen LogP) is 1.97. The van der Waals surface area contributed by atoms with Crippen LogP contribution in [0.2, 0.25) is 0 Å². The van der Waals surface area contributed by atoms with Crippen LogP contribution in [0.15, 0.2) is 46.1 Å². The van der Waals surface area contributed by atoms with Gasteiger partial charge in [0.15, 0.2) is 0 Å². The molecule has 0 saturated heterocycles. The van der Waals surface area contributed by atoms with E-state index in [-0.39, 0.29) is 10.6 Å². The van der Waals surface area contributed by atoms with Crippen molar-refractivity contribution in [1.82, 2.24) is 9.97 Å². The van der Waals surface area contributed by atoms with Crippen molar-refractivity contribution in [1.29, 1.82) is 0 Å². The summed E-state index contributed by atoms with van der Waals surface area (Å²) in [5.74, 6) is 0.635. The van der Waals surface area contributed by atoms with Crippen LogP contribution in [0, 0.1) is 6.92 Å². The number of nitrogens with one attached hydrogen (secondary N) is 3. The van der Waals surface area contributed by atoms with E-state index in [2.05, 4.69) is 14.7 Å². The lowest BCUT2D eigenvalue weighted by Gasteiger charge is -2.11. The summed E-state index contributed by atoms with van der Waals surface area (Å²) in [6, 6.07) is 9.62. The number of aromatic nitrogens is 2. The molecule has 0 atom stereocenters. The van der Waals surface area contributed by atoms with Crippen LogP contribution in [0.4, 0.5) is 5.69 Å². The zero-order valence-corrected chi connectivity index (χ0v) is 13.3. The highest BCUT2D eigenvalue weighted by Crippen LogP contribution is 2.24. The molecule has 2 aromatic carbocycles. The number of benzene rings is 2. The molecule has 1 aromatic heterocycles. The maximum Gasteiger partial charge on any atom is 0.323 e. The van der Waals surface area contributed by atoms with Gasteiger partial charge in [-0.2, -0.15) is 0 Å². The van der Waals surface area contributed by atoms with Gasteiger partial charge in [0.05, 0.1) is 23.0 Å². The first-order valence-corrected chi connectivity index (χ1v) is 8.27. The van der Waals surface area contributed by atoms with Gasteiger partial charge < -0.3 is 14.7 Å². The van der Waals surface area contributed by atoms with Crippen molar-refractivity contribution < 1.29 is 13.2 Å². The summed E-state index contributed by atoms with van der Waals surface area (Å²) in [4.78, 5) is 16.6. The van der Waals surface area contributed by atoms with Crippen molar-refractivity contribution in [3.63, 3.8) is 0 Å². The van der Waals surface area contributed by atoms with Crippen LogP contribution in [0.25, 0.3) is 11.0 Å². The molecule has 3 N–H and O–H groups in total. The number of rotatable bonds is 4. The van der Waals surface area contributed by atoms with Gasteiger partial charge in [-0.3, -0.25) is 4.72 Å². The number of sulfonamides is 1. The van der Waals surface area contributed by atoms with E-state index >= 15 is 0 Å². The van der Waals surface area contributed by atoms with Crippen LogP contribution in [0.3, 0.4) is 0 Å². The minimum absolute atomic E-state index is 0.107. The minimum atomic E-state index is -3.77. The highest BCUT2D eigenvalue weighted by Gasteiger charge is 2.18. The number of methoxy groups -OCH3 is 1. The molecule has 8 heteroatoms. The Balaban J connectivity index is 2.01. The van der Waals surface area contributed by atoms with Gasteiger partial charge in [-0.05, 0) is 48.9 Å². The SMILES string of the molecule is COc1ccc(NS(=O)(=O)c2cc3[nH]c(=O)[nH]c3cc2C)cc1. The average Bonchev–Trinajstić information content (AvgIpc) is 2.85. The fourth-order valence-corrected chi connectivity index (χ4v) is 3.64. The topological polar surface area (TPSA) is 104 Å². The Morgan fingerprint density at radius 3 is 2.26 bits per heavy atom. The largest absolute Gasteiger partial charge is 0.497 e. The Morgan fingerprint density at radius 1 is 1.04 bits per heavy atom. The maximum atomic E-state index is 12.6. The van der Waals surface area contributed by atoms with Crippen molar-refractivity contribution >= 4 is 26.7 Å². The molecule has 120 valence electrons. The van der Waals surface area contributed by atoms with Gasteiger partial charge in [-0.15, -0.1) is 0 Å². The lowest BCUT2D eigenvalue weighted by Crippen LogP contribution is -2.14. The third-order valence-corrected chi connectivity index (χ3v) is 4.97. The average molecular weight is 333 g/mol. The minimum Gasteiger partial charge on any atom is -0.497 e. The van der Waals surface area contributed by atoms with Crippen LogP contribution < -0.4 is 15.1 Å². The monoisotopic (exact) mass is 333 g/mol. The maximum absolute atomic E-state index is 12.6. The third-order valence-electron chi connectivity index (χ3n) is 3.44. The standard InChI is InChI=1S/C15H15N3O4S/c1-9-7-12-13(17-15(19)16-12)8-14(9)23(20,21)18-10-3-5-11(22-2)6-4-10/h3-8,18H,1-2H3,(H2,16,17,19). The Hall–Kier alpha value is -2.74. The van der Waals surface area contributed by atoms with E-state index in [0.29, 0.717) is 28.0 Å². The van der Waals surface area contributed by atoms with E-state index in [1.807, 2.05) is 0 Å². The van der Waals surface area contributed by atoms with Crippen molar-refractivity contribution in [3.05, 3.63) is 52.4 Å². The first-order valence-electron chi connectivity index (χ1n) is 6.78. The Bertz CT molecular complexity index is 1020. The van der Waals surface area contributed by atoms with E-state index in [1.165, 1.54) is 13.2 Å². The molecule has 0 fully saturated rings. The number of aromatic amines is 2. The van der Waals surface area contributed by atoms with Gasteiger partial charge in [0.1, 0.15) is 5.75 Å². The van der Waals surface area contributed by atoms with Crippen LogP contribution in [-0.4, -0.2) is 25.5 Å². The Morgan fingerprint density at radius 2 is 1.65 bits per heavy atom. The predicted molar refractivity (Wildman–Crippen MR) is 87.5 cm³/mol. The van der Waals surface area contributed by atoms with Crippen LogP contribution in [0.1, 0.15) is 5.56 Å². The molecule has 1 heterocycles. The Kier molecular flexibility index (Phi) is 3.61. The van der Waals surface area contributed by atoms with Crippen molar-refractivity contribution in [2.24, 2.45) is 0 Å². The molecule has 3 rings (SSSR count). The molecule has 0 aliphatic carbocycles. The van der Waals surface area contributed by atoms with Gasteiger partial charge >= 0.3 is 5.69 Å². The molecule has 0 spiro atoms. The summed E-state index contributed by atoms with van der Waals surface area (Å²) in [5, 5.41) is 0. The van der Waals surface area contributed by atoms with Gasteiger partial charge in [0, 0.05) is 5.69 Å². The first-order chi connectivity index (χ1) is 10.9. The number of H-pyrrole nitrogens is 2. The van der Waals surface area contributed by atoms with E-state index < -0.39 is 10.0 Å². The number of fused-ring (bicyclic) bond motifs is 1. The van der Waals surface area contributed by atoms with Crippen LogP contribution >= 0.6 is 0 Å². The lowest BCUT2D eigenvalue weighted by atomic mass is 10.2. The molecule has 3 aromatic rings. The number of hydrogen-bond donors (Lipinski definition) is 3. The second-order valence-corrected chi connectivity index (χ2v) is 6.73. The van der Waals surface area contributed by atoms with Crippen molar-refractivity contribution in [3.8, 4) is 5.75 Å². The molecule has 0 aliphatic heterocycles. The molecule has 7 nitrogen and oxygen atoms in total. The zero-order valence-electron chi connectivity index (χ0n) is 12.5. The van der Waals surface area contributed by atoms with Crippen molar-refractivity contribution in [2.45, 2.75) is 11.8 Å². The van der Waals surface area contributed by atoms with Gasteiger partial charge in [0.2, 0.25) is 0 Å². The number of anilines is 1. The smallest absolute Gasteiger partial charge is 0.323 e. The molecule has 0 unspecified atom stereocenters. The molecule has 23 heavy (non-hydrogen) atoms. The molecule has 0 amide bonds. The lowest BCUT2D eigenvalue weighted by molar-refractivity contribution is 0.415. The second-order valence-electron chi connectivity index (χ2n) is 5.08. The van der Waals surface area contributed by atoms with Gasteiger partial charge in [-0.1, -0.05) is 0 Å². The summed E-state index contributed by atoms with van der Waals surface area (Å²) >= 11 is 0. The summed E-state index contributed by atoms with van der Waals surface area (Å²) < 4.78 is 32.7. The number of ether oxygens (including phenoxy) is 1. The van der Waals surface area contributed by atoms with Crippen molar-refractivity contribution in [2.75, 3.05) is 11.8 Å². The fraction of sp³-hybridized carbons (Fsp3) is 0.133. The summed E-state index contributed by atoms with van der Waals surface area (Å²) in [5.41, 5.74) is 1.59. The van der Waals surface area contributed by atoms with Gasteiger partial charge in [0.25, 0.3) is 10.0 Å². The second kappa shape index (κ2) is 5.47. The molecule has 0 bridgehead atoms. The molecular formula is C15H15N3O4S. The number of hydrogen-bond acceptors (Lipinski definition) is 4. The quantitative estimate of drug-likeness (QED) is 0.679. The molecule has 0 saturated carbocycles. The van der Waals surface area contributed by atoms with E-state index in [9.17, 15) is 13.2 Å². The summed E-state index contributed by atoms with van der Waals surface area (Å²) in [7, 11) is -2.24. The van der Waals surface area contributed by atoms with E-state index in [4.69, 9.17) is 4.74 Å². The number of aryl methyl sites for hydroxylation is 1. The van der Waals surface area contributed by atoms with Crippen LogP contribution in [0.5, 0.6) is 5.75 Å². The third kappa shape index (κ3) is 2.93. The Labute approximate surface area is 132 Å². The van der Waals surface area contributed by atoms with E-state index in [0.717, 1.165) is 0 Å². The first kappa shape index (κ1) is 15.2. The molecule has 0 aliphatic rings. The molecule has 0 radical (unpaired) electrons. The normalized spacial score (nSPS) is 11.6. The highest BCUT2D eigenvalue weighted by molar-refractivity contribution is 7.92. The molecular weight excluding hydrogens is 318 g/mol. The summed E-state index contributed by atoms with van der Waals surface area (Å²) in [6.07, 6.45) is 0. The van der Waals surface area contributed by atoms with Gasteiger partial charge in [-0.25, -0.2) is 13.2 Å². The highest BCUT2D eigenvalue weighted by atomic mass is 32.2. The fourth-order valence-electron chi connectivity index (χ4n) is 2.33.